The minimum atomic E-state index is -0.554. The minimum Gasteiger partial charge on any atom is -0.343 e. The second-order valence-corrected chi connectivity index (χ2v) is 5.30. The lowest BCUT2D eigenvalue weighted by Gasteiger charge is -2.37. The second kappa shape index (κ2) is 5.39. The molecular formula is C13H14Cl2N2O2. The molecule has 1 aliphatic rings. The van der Waals surface area contributed by atoms with Crippen LogP contribution in [0.3, 0.4) is 0 Å². The lowest BCUT2D eigenvalue weighted by Crippen LogP contribution is -2.62. The summed E-state index contributed by atoms with van der Waals surface area (Å²) in [6.07, 6.45) is 0.517. The monoisotopic (exact) mass is 300 g/mol. The van der Waals surface area contributed by atoms with Gasteiger partial charge in [-0.25, -0.2) is 0 Å². The van der Waals surface area contributed by atoms with Crippen molar-refractivity contribution < 1.29 is 9.59 Å². The number of halogens is 2. The quantitative estimate of drug-likeness (QED) is 0.913. The van der Waals surface area contributed by atoms with Crippen LogP contribution in [0.2, 0.25) is 10.0 Å². The van der Waals surface area contributed by atoms with Gasteiger partial charge in [0, 0.05) is 5.02 Å². The summed E-state index contributed by atoms with van der Waals surface area (Å²) in [5.41, 5.74) is 0.518. The van der Waals surface area contributed by atoms with E-state index >= 15 is 0 Å². The van der Waals surface area contributed by atoms with Gasteiger partial charge in [0.1, 0.15) is 12.1 Å². The third-order valence-electron chi connectivity index (χ3n) is 3.14. The normalized spacial score (nSPS) is 23.5. The van der Waals surface area contributed by atoms with Gasteiger partial charge in [-0.05, 0) is 31.5 Å². The SMILES string of the molecule is CCC1C(=O)NC(C)C(=O)N1c1ccc(Cl)cc1Cl. The number of amides is 2. The molecule has 102 valence electrons. The van der Waals surface area contributed by atoms with Gasteiger partial charge in [-0.15, -0.1) is 0 Å². The Morgan fingerprint density at radius 2 is 2.00 bits per heavy atom. The van der Waals surface area contributed by atoms with Crippen LogP contribution in [-0.4, -0.2) is 23.9 Å². The molecule has 2 unspecified atom stereocenters. The molecule has 19 heavy (non-hydrogen) atoms. The van der Waals surface area contributed by atoms with Crippen molar-refractivity contribution in [3.05, 3.63) is 28.2 Å². The van der Waals surface area contributed by atoms with E-state index < -0.39 is 12.1 Å². The lowest BCUT2D eigenvalue weighted by molar-refractivity contribution is -0.133. The molecule has 1 heterocycles. The van der Waals surface area contributed by atoms with E-state index in [1.165, 1.54) is 4.90 Å². The van der Waals surface area contributed by atoms with E-state index in [1.807, 2.05) is 6.92 Å². The molecule has 1 saturated heterocycles. The highest BCUT2D eigenvalue weighted by Crippen LogP contribution is 2.32. The zero-order valence-corrected chi connectivity index (χ0v) is 12.1. The fraction of sp³-hybridized carbons (Fsp3) is 0.385. The Bertz CT molecular complexity index is 533. The summed E-state index contributed by atoms with van der Waals surface area (Å²) in [7, 11) is 0. The van der Waals surface area contributed by atoms with Crippen LogP contribution in [0.1, 0.15) is 20.3 Å². The van der Waals surface area contributed by atoms with Gasteiger partial charge in [0.25, 0.3) is 0 Å². The van der Waals surface area contributed by atoms with E-state index in [1.54, 1.807) is 25.1 Å². The number of rotatable bonds is 2. The molecule has 0 saturated carbocycles. The standard InChI is InChI=1S/C13H14Cl2N2O2/c1-3-10-12(18)16-7(2)13(19)17(10)11-5-4-8(14)6-9(11)15/h4-7,10H,3H2,1-2H3,(H,16,18). The molecule has 0 spiro atoms. The second-order valence-electron chi connectivity index (χ2n) is 4.46. The fourth-order valence-electron chi connectivity index (χ4n) is 2.18. The number of benzene rings is 1. The smallest absolute Gasteiger partial charge is 0.250 e. The van der Waals surface area contributed by atoms with E-state index in [2.05, 4.69) is 5.32 Å². The lowest BCUT2D eigenvalue weighted by atomic mass is 10.0. The summed E-state index contributed by atoms with van der Waals surface area (Å²) in [4.78, 5) is 25.7. The van der Waals surface area contributed by atoms with Crippen molar-refractivity contribution in [2.45, 2.75) is 32.4 Å². The summed E-state index contributed by atoms with van der Waals surface area (Å²) in [5, 5.41) is 3.51. The Kier molecular flexibility index (Phi) is 4.02. The Hall–Kier alpha value is -1.26. The number of hydrogen-bond acceptors (Lipinski definition) is 2. The molecule has 1 N–H and O–H groups in total. The first-order valence-corrected chi connectivity index (χ1v) is 6.79. The maximum atomic E-state index is 12.3. The number of nitrogens with one attached hydrogen (secondary N) is 1. The van der Waals surface area contributed by atoms with Gasteiger partial charge in [-0.2, -0.15) is 0 Å². The largest absolute Gasteiger partial charge is 0.343 e. The molecule has 0 radical (unpaired) electrons. The van der Waals surface area contributed by atoms with Crippen LogP contribution in [0.4, 0.5) is 5.69 Å². The molecule has 0 aliphatic carbocycles. The molecule has 4 nitrogen and oxygen atoms in total. The van der Waals surface area contributed by atoms with Gasteiger partial charge in [0.15, 0.2) is 0 Å². The first kappa shape index (κ1) is 14.2. The van der Waals surface area contributed by atoms with Crippen LogP contribution in [0, 0.1) is 0 Å². The summed E-state index contributed by atoms with van der Waals surface area (Å²) in [6, 6.07) is 3.79. The maximum Gasteiger partial charge on any atom is 0.250 e. The predicted molar refractivity (Wildman–Crippen MR) is 75.6 cm³/mol. The molecular weight excluding hydrogens is 287 g/mol. The molecule has 1 fully saturated rings. The van der Waals surface area contributed by atoms with Crippen LogP contribution in [0.25, 0.3) is 0 Å². The van der Waals surface area contributed by atoms with Gasteiger partial charge >= 0.3 is 0 Å². The van der Waals surface area contributed by atoms with E-state index in [4.69, 9.17) is 23.2 Å². The van der Waals surface area contributed by atoms with Crippen molar-refractivity contribution in [1.82, 2.24) is 5.32 Å². The van der Waals surface area contributed by atoms with Crippen LogP contribution < -0.4 is 10.2 Å². The van der Waals surface area contributed by atoms with Crippen molar-refractivity contribution in [1.29, 1.82) is 0 Å². The molecule has 6 heteroatoms. The molecule has 1 aromatic rings. The topological polar surface area (TPSA) is 49.4 Å². The summed E-state index contributed by atoms with van der Waals surface area (Å²) < 4.78 is 0. The molecule has 2 atom stereocenters. The number of piperazine rings is 1. The average Bonchev–Trinajstić information content (AvgIpc) is 2.34. The third-order valence-corrected chi connectivity index (χ3v) is 3.67. The zero-order valence-electron chi connectivity index (χ0n) is 10.6. The van der Waals surface area contributed by atoms with E-state index in [0.29, 0.717) is 22.2 Å². The Morgan fingerprint density at radius 1 is 1.32 bits per heavy atom. The molecule has 1 aromatic carbocycles. The van der Waals surface area contributed by atoms with Crippen LogP contribution in [-0.2, 0) is 9.59 Å². The summed E-state index contributed by atoms with van der Waals surface area (Å²) in [6.45, 7) is 3.51. The van der Waals surface area contributed by atoms with Crippen molar-refractivity contribution in [2.24, 2.45) is 0 Å². The number of nitrogens with zero attached hydrogens (tertiary/aromatic N) is 1. The zero-order chi connectivity index (χ0) is 14.2. The Morgan fingerprint density at radius 3 is 2.58 bits per heavy atom. The van der Waals surface area contributed by atoms with Crippen molar-refractivity contribution in [2.75, 3.05) is 4.90 Å². The first-order chi connectivity index (χ1) is 8.95. The van der Waals surface area contributed by atoms with Gasteiger partial charge in [0.05, 0.1) is 10.7 Å². The number of anilines is 1. The third kappa shape index (κ3) is 2.55. The van der Waals surface area contributed by atoms with E-state index in [0.717, 1.165) is 0 Å². The van der Waals surface area contributed by atoms with Crippen molar-refractivity contribution in [3.63, 3.8) is 0 Å². The summed E-state index contributed by atoms with van der Waals surface area (Å²) in [5.74, 6) is -0.337. The van der Waals surface area contributed by atoms with Gasteiger partial charge in [-0.1, -0.05) is 30.1 Å². The van der Waals surface area contributed by atoms with Crippen molar-refractivity contribution >= 4 is 40.7 Å². The number of carbonyl (C=O) groups is 2. The first-order valence-electron chi connectivity index (χ1n) is 6.04. The van der Waals surface area contributed by atoms with Crippen LogP contribution >= 0.6 is 23.2 Å². The Labute approximate surface area is 121 Å². The molecule has 2 amide bonds. The van der Waals surface area contributed by atoms with Crippen molar-refractivity contribution in [3.8, 4) is 0 Å². The van der Waals surface area contributed by atoms with E-state index in [9.17, 15) is 9.59 Å². The molecule has 2 rings (SSSR count). The number of carbonyl (C=O) groups excluding carboxylic acids is 2. The van der Waals surface area contributed by atoms with E-state index in [-0.39, 0.29) is 11.8 Å². The molecule has 0 bridgehead atoms. The van der Waals surface area contributed by atoms with Crippen LogP contribution in [0.5, 0.6) is 0 Å². The summed E-state index contributed by atoms with van der Waals surface area (Å²) >= 11 is 12.0. The highest BCUT2D eigenvalue weighted by atomic mass is 35.5. The highest BCUT2D eigenvalue weighted by Gasteiger charge is 2.39. The van der Waals surface area contributed by atoms with Gasteiger partial charge in [0.2, 0.25) is 11.8 Å². The van der Waals surface area contributed by atoms with Gasteiger partial charge in [-0.3, -0.25) is 14.5 Å². The number of hydrogen-bond donors (Lipinski definition) is 1. The average molecular weight is 301 g/mol. The molecule has 1 aliphatic heterocycles. The van der Waals surface area contributed by atoms with Crippen LogP contribution in [0.15, 0.2) is 18.2 Å². The maximum absolute atomic E-state index is 12.3. The minimum absolute atomic E-state index is 0.166. The Balaban J connectivity index is 2.48. The highest BCUT2D eigenvalue weighted by molar-refractivity contribution is 6.37. The van der Waals surface area contributed by atoms with Gasteiger partial charge < -0.3 is 5.32 Å². The molecule has 0 aromatic heterocycles. The predicted octanol–water partition coefficient (Wildman–Crippen LogP) is 2.62. The fourth-order valence-corrected chi connectivity index (χ4v) is 2.68.